The molecule has 2 aromatic rings. The van der Waals surface area contributed by atoms with Crippen LogP contribution in [0.5, 0.6) is 0 Å². The number of carbonyl (C=O) groups is 1. The Morgan fingerprint density at radius 1 is 1.25 bits per heavy atom. The number of piperidine rings is 1. The van der Waals surface area contributed by atoms with E-state index in [1.165, 1.54) is 15.6 Å². The predicted octanol–water partition coefficient (Wildman–Crippen LogP) is 2.46. The van der Waals surface area contributed by atoms with Crippen LogP contribution >= 0.6 is 27.3 Å². The Morgan fingerprint density at radius 2 is 1.88 bits per heavy atom. The average Bonchev–Trinajstić information content (AvgIpc) is 3.06. The number of sulfonamides is 1. The predicted molar refractivity (Wildman–Crippen MR) is 95.9 cm³/mol. The molecule has 0 saturated carbocycles. The number of primary amides is 1. The van der Waals surface area contributed by atoms with Gasteiger partial charge in [0.1, 0.15) is 5.01 Å². The van der Waals surface area contributed by atoms with Gasteiger partial charge in [0.05, 0.1) is 0 Å². The van der Waals surface area contributed by atoms with Crippen molar-refractivity contribution in [2.75, 3.05) is 13.1 Å². The quantitative estimate of drug-likeness (QED) is 0.807. The maximum absolute atomic E-state index is 12.7. The van der Waals surface area contributed by atoms with E-state index in [9.17, 15) is 13.2 Å². The van der Waals surface area contributed by atoms with Crippen molar-refractivity contribution in [1.29, 1.82) is 0 Å². The van der Waals surface area contributed by atoms with E-state index in [1.807, 2.05) is 24.3 Å². The molecule has 6 nitrogen and oxygen atoms in total. The van der Waals surface area contributed by atoms with E-state index < -0.39 is 10.0 Å². The molecule has 9 heteroatoms. The summed E-state index contributed by atoms with van der Waals surface area (Å²) in [6, 6.07) is 7.55. The highest BCUT2D eigenvalue weighted by Crippen LogP contribution is 2.29. The summed E-state index contributed by atoms with van der Waals surface area (Å²) in [5.41, 5.74) is 6.16. The second-order valence-electron chi connectivity index (χ2n) is 5.58. The first kappa shape index (κ1) is 17.5. The first-order valence-corrected chi connectivity index (χ1v) is 10.5. The van der Waals surface area contributed by atoms with Gasteiger partial charge in [0.15, 0.2) is 5.03 Å². The average molecular weight is 430 g/mol. The van der Waals surface area contributed by atoms with Crippen LogP contribution < -0.4 is 5.73 Å². The molecular weight excluding hydrogens is 414 g/mol. The molecule has 0 aliphatic carbocycles. The minimum absolute atomic E-state index is 0.0583. The first-order chi connectivity index (χ1) is 11.4. The molecule has 128 valence electrons. The van der Waals surface area contributed by atoms with Crippen molar-refractivity contribution in [1.82, 2.24) is 9.29 Å². The lowest BCUT2D eigenvalue weighted by Crippen LogP contribution is -2.41. The molecular formula is C15H16BrN3O3S2. The number of benzene rings is 1. The van der Waals surface area contributed by atoms with Crippen LogP contribution in [0.15, 0.2) is 39.1 Å². The molecule has 0 bridgehead atoms. The number of nitrogens with zero attached hydrogens (tertiary/aromatic N) is 2. The SMILES string of the molecule is NC(=O)C1CCN(S(=O)(=O)c2csc(-c3ccc(Br)cc3)n2)CC1. The van der Waals surface area contributed by atoms with Crippen LogP contribution in [0, 0.1) is 5.92 Å². The molecule has 0 atom stereocenters. The van der Waals surface area contributed by atoms with Crippen molar-refractivity contribution in [2.24, 2.45) is 11.7 Å². The fraction of sp³-hybridized carbons (Fsp3) is 0.333. The molecule has 2 heterocycles. The summed E-state index contributed by atoms with van der Waals surface area (Å²) in [7, 11) is -3.64. The Kier molecular flexibility index (Phi) is 5.05. The van der Waals surface area contributed by atoms with Gasteiger partial charge in [0, 0.05) is 34.4 Å². The maximum atomic E-state index is 12.7. The molecule has 1 aliphatic rings. The third kappa shape index (κ3) is 3.53. The number of thiazole rings is 1. The summed E-state index contributed by atoms with van der Waals surface area (Å²) >= 11 is 4.67. The summed E-state index contributed by atoms with van der Waals surface area (Å²) in [4.78, 5) is 15.5. The molecule has 0 spiro atoms. The molecule has 24 heavy (non-hydrogen) atoms. The Hall–Kier alpha value is -1.29. The number of nitrogens with two attached hydrogens (primary N) is 1. The van der Waals surface area contributed by atoms with Crippen molar-refractivity contribution < 1.29 is 13.2 Å². The number of halogens is 1. The summed E-state index contributed by atoms with van der Waals surface area (Å²) in [5, 5.41) is 2.28. The van der Waals surface area contributed by atoms with E-state index >= 15 is 0 Å². The second kappa shape index (κ2) is 6.91. The van der Waals surface area contributed by atoms with Crippen LogP contribution in [0.3, 0.4) is 0 Å². The molecule has 1 saturated heterocycles. The Morgan fingerprint density at radius 3 is 2.46 bits per heavy atom. The van der Waals surface area contributed by atoms with Crippen molar-refractivity contribution >= 4 is 43.2 Å². The Balaban J connectivity index is 1.79. The number of amides is 1. The molecule has 1 aromatic carbocycles. The Bertz CT molecular complexity index is 841. The van der Waals surface area contributed by atoms with Crippen molar-refractivity contribution in [3.8, 4) is 10.6 Å². The van der Waals surface area contributed by atoms with Gasteiger partial charge in [-0.15, -0.1) is 11.3 Å². The van der Waals surface area contributed by atoms with Gasteiger partial charge >= 0.3 is 0 Å². The van der Waals surface area contributed by atoms with Crippen molar-refractivity contribution in [3.63, 3.8) is 0 Å². The molecule has 0 unspecified atom stereocenters. The molecule has 1 aliphatic heterocycles. The highest BCUT2D eigenvalue weighted by Gasteiger charge is 2.32. The van der Waals surface area contributed by atoms with Crippen LogP contribution in [0.25, 0.3) is 10.6 Å². The highest BCUT2D eigenvalue weighted by atomic mass is 79.9. The zero-order valence-corrected chi connectivity index (χ0v) is 15.9. The summed E-state index contributed by atoms with van der Waals surface area (Å²) < 4.78 is 27.8. The third-order valence-corrected chi connectivity index (χ3v) is 7.39. The lowest BCUT2D eigenvalue weighted by molar-refractivity contribution is -0.122. The van der Waals surface area contributed by atoms with Gasteiger partial charge in [-0.1, -0.05) is 28.1 Å². The minimum atomic E-state index is -3.64. The summed E-state index contributed by atoms with van der Waals surface area (Å²) in [6.45, 7) is 0.585. The molecule has 2 N–H and O–H groups in total. The van der Waals surface area contributed by atoms with Crippen LogP contribution in [-0.2, 0) is 14.8 Å². The number of hydrogen-bond donors (Lipinski definition) is 1. The minimum Gasteiger partial charge on any atom is -0.369 e. The van der Waals surface area contributed by atoms with Gasteiger partial charge in [0.25, 0.3) is 10.0 Å². The standard InChI is InChI=1S/C15H16BrN3O3S2/c16-12-3-1-11(2-4-12)15-18-13(9-23-15)24(21,22)19-7-5-10(6-8-19)14(17)20/h1-4,9-10H,5-8H2,(H2,17,20). The summed E-state index contributed by atoms with van der Waals surface area (Å²) in [6.07, 6.45) is 0.913. The van der Waals surface area contributed by atoms with Gasteiger partial charge in [-0.3, -0.25) is 4.79 Å². The van der Waals surface area contributed by atoms with Gasteiger partial charge in [-0.05, 0) is 25.0 Å². The van der Waals surface area contributed by atoms with Gasteiger partial charge in [-0.25, -0.2) is 13.4 Å². The van der Waals surface area contributed by atoms with E-state index in [0.29, 0.717) is 30.9 Å². The summed E-state index contributed by atoms with van der Waals surface area (Å²) in [5.74, 6) is -0.608. The van der Waals surface area contributed by atoms with Gasteiger partial charge in [-0.2, -0.15) is 4.31 Å². The molecule has 0 radical (unpaired) electrons. The van der Waals surface area contributed by atoms with Crippen LogP contribution in [-0.4, -0.2) is 36.7 Å². The van der Waals surface area contributed by atoms with E-state index in [2.05, 4.69) is 20.9 Å². The van der Waals surface area contributed by atoms with E-state index in [4.69, 9.17) is 5.73 Å². The van der Waals surface area contributed by atoms with Crippen LogP contribution in [0.1, 0.15) is 12.8 Å². The van der Waals surface area contributed by atoms with E-state index in [1.54, 1.807) is 5.38 Å². The smallest absolute Gasteiger partial charge is 0.261 e. The van der Waals surface area contributed by atoms with Crippen LogP contribution in [0.2, 0.25) is 0 Å². The van der Waals surface area contributed by atoms with Crippen LogP contribution in [0.4, 0.5) is 0 Å². The van der Waals surface area contributed by atoms with Crippen molar-refractivity contribution in [3.05, 3.63) is 34.1 Å². The van der Waals surface area contributed by atoms with Gasteiger partial charge in [0.2, 0.25) is 5.91 Å². The zero-order chi connectivity index (χ0) is 17.3. The topological polar surface area (TPSA) is 93.4 Å². The number of carbonyl (C=O) groups excluding carboxylic acids is 1. The molecule has 1 amide bonds. The first-order valence-electron chi connectivity index (χ1n) is 7.39. The monoisotopic (exact) mass is 429 g/mol. The van der Waals surface area contributed by atoms with E-state index in [-0.39, 0.29) is 16.9 Å². The fourth-order valence-corrected chi connectivity index (χ4v) is 5.42. The second-order valence-corrected chi connectivity index (χ2v) is 9.24. The maximum Gasteiger partial charge on any atom is 0.261 e. The van der Waals surface area contributed by atoms with E-state index in [0.717, 1.165) is 10.0 Å². The van der Waals surface area contributed by atoms with Crippen molar-refractivity contribution in [2.45, 2.75) is 17.9 Å². The number of hydrogen-bond acceptors (Lipinski definition) is 5. The number of rotatable bonds is 4. The largest absolute Gasteiger partial charge is 0.369 e. The zero-order valence-electron chi connectivity index (χ0n) is 12.7. The Labute approximate surface area is 152 Å². The lowest BCUT2D eigenvalue weighted by Gasteiger charge is -2.28. The molecule has 1 aromatic heterocycles. The molecule has 3 rings (SSSR count). The number of aromatic nitrogens is 1. The molecule has 1 fully saturated rings. The van der Waals surface area contributed by atoms with Gasteiger partial charge < -0.3 is 5.73 Å². The fourth-order valence-electron chi connectivity index (χ4n) is 2.62. The highest BCUT2D eigenvalue weighted by molar-refractivity contribution is 9.10. The lowest BCUT2D eigenvalue weighted by atomic mass is 9.98. The normalized spacial score (nSPS) is 17.0. The third-order valence-electron chi connectivity index (χ3n) is 4.03.